The van der Waals surface area contributed by atoms with Crippen LogP contribution in [0.4, 0.5) is 5.82 Å². The SMILES string of the molecule is Cc1cccnc1NC(c1cccnc1)c1cc(Cl)c2cccnc2c1O. The number of nitrogens with zero attached hydrogens (tertiary/aromatic N) is 3. The quantitative estimate of drug-likeness (QED) is 0.530. The second-order valence-corrected chi connectivity index (χ2v) is 6.64. The maximum Gasteiger partial charge on any atom is 0.147 e. The summed E-state index contributed by atoms with van der Waals surface area (Å²) < 4.78 is 0. The molecule has 3 aromatic heterocycles. The highest BCUT2D eigenvalue weighted by atomic mass is 35.5. The lowest BCUT2D eigenvalue weighted by Gasteiger charge is -2.23. The first kappa shape index (κ1) is 17.2. The van der Waals surface area contributed by atoms with Crippen molar-refractivity contribution in [1.29, 1.82) is 0 Å². The topological polar surface area (TPSA) is 70.9 Å². The van der Waals surface area contributed by atoms with Gasteiger partial charge in [-0.25, -0.2) is 4.98 Å². The first-order chi connectivity index (χ1) is 13.1. The van der Waals surface area contributed by atoms with E-state index in [1.807, 2.05) is 37.3 Å². The molecular weight excluding hydrogens is 360 g/mol. The average molecular weight is 377 g/mol. The fourth-order valence-electron chi connectivity index (χ4n) is 3.09. The molecule has 0 amide bonds. The van der Waals surface area contributed by atoms with E-state index in [0.29, 0.717) is 21.5 Å². The third kappa shape index (κ3) is 3.29. The number of fused-ring (bicyclic) bond motifs is 1. The van der Waals surface area contributed by atoms with Gasteiger partial charge in [-0.1, -0.05) is 23.7 Å². The molecule has 0 spiro atoms. The molecule has 5 nitrogen and oxygen atoms in total. The van der Waals surface area contributed by atoms with Crippen molar-refractivity contribution in [2.24, 2.45) is 0 Å². The van der Waals surface area contributed by atoms with E-state index >= 15 is 0 Å². The summed E-state index contributed by atoms with van der Waals surface area (Å²) in [6.45, 7) is 1.98. The number of anilines is 1. The van der Waals surface area contributed by atoms with Gasteiger partial charge in [0.2, 0.25) is 0 Å². The number of benzene rings is 1. The maximum absolute atomic E-state index is 11.0. The highest BCUT2D eigenvalue weighted by Crippen LogP contribution is 2.39. The summed E-state index contributed by atoms with van der Waals surface area (Å²) in [5, 5.41) is 15.6. The predicted octanol–water partition coefficient (Wildman–Crippen LogP) is 4.89. The van der Waals surface area contributed by atoms with E-state index in [-0.39, 0.29) is 5.75 Å². The van der Waals surface area contributed by atoms with E-state index in [4.69, 9.17) is 11.6 Å². The highest BCUT2D eigenvalue weighted by Gasteiger charge is 2.22. The van der Waals surface area contributed by atoms with Crippen molar-refractivity contribution in [2.45, 2.75) is 13.0 Å². The molecule has 4 aromatic rings. The minimum absolute atomic E-state index is 0.0879. The van der Waals surface area contributed by atoms with Crippen molar-refractivity contribution in [3.8, 4) is 5.75 Å². The summed E-state index contributed by atoms with van der Waals surface area (Å²) in [7, 11) is 0. The van der Waals surface area contributed by atoms with Crippen LogP contribution in [0.15, 0.2) is 67.3 Å². The third-order valence-corrected chi connectivity index (χ3v) is 4.78. The second kappa shape index (κ2) is 7.21. The Labute approximate surface area is 161 Å². The molecule has 1 atom stereocenters. The Morgan fingerprint density at radius 1 is 1.04 bits per heavy atom. The van der Waals surface area contributed by atoms with Gasteiger partial charge in [0.05, 0.1) is 11.1 Å². The lowest BCUT2D eigenvalue weighted by Crippen LogP contribution is -2.15. The molecule has 134 valence electrons. The number of phenols is 1. The van der Waals surface area contributed by atoms with Gasteiger partial charge in [-0.2, -0.15) is 0 Å². The Morgan fingerprint density at radius 3 is 2.59 bits per heavy atom. The van der Waals surface area contributed by atoms with Gasteiger partial charge in [0.15, 0.2) is 0 Å². The Bertz CT molecular complexity index is 1100. The van der Waals surface area contributed by atoms with E-state index in [1.54, 1.807) is 36.9 Å². The first-order valence-electron chi connectivity index (χ1n) is 8.49. The van der Waals surface area contributed by atoms with Crippen LogP contribution in [0.5, 0.6) is 5.75 Å². The van der Waals surface area contributed by atoms with E-state index in [1.165, 1.54) is 0 Å². The summed E-state index contributed by atoms with van der Waals surface area (Å²) in [6, 6.07) is 12.7. The molecule has 2 N–H and O–H groups in total. The van der Waals surface area contributed by atoms with Gasteiger partial charge in [-0.05, 0) is 48.4 Å². The molecule has 1 unspecified atom stereocenters. The van der Waals surface area contributed by atoms with E-state index in [0.717, 1.165) is 16.9 Å². The number of nitrogens with one attached hydrogen (secondary N) is 1. The number of halogens is 1. The average Bonchev–Trinajstić information content (AvgIpc) is 2.71. The Hall–Kier alpha value is -3.18. The van der Waals surface area contributed by atoms with Gasteiger partial charge in [0.25, 0.3) is 0 Å². The Morgan fingerprint density at radius 2 is 1.81 bits per heavy atom. The molecule has 0 radical (unpaired) electrons. The fourth-order valence-corrected chi connectivity index (χ4v) is 3.36. The fraction of sp³-hybridized carbons (Fsp3) is 0.0952. The van der Waals surface area contributed by atoms with Crippen LogP contribution in [-0.2, 0) is 0 Å². The molecule has 0 saturated carbocycles. The summed E-state index contributed by atoms with van der Waals surface area (Å²) in [4.78, 5) is 13.0. The summed E-state index contributed by atoms with van der Waals surface area (Å²) in [5.41, 5.74) is 2.96. The molecule has 1 aromatic carbocycles. The van der Waals surface area contributed by atoms with Crippen LogP contribution in [0.3, 0.4) is 0 Å². The molecular formula is C21H17ClN4O. The number of aromatic nitrogens is 3. The lowest BCUT2D eigenvalue weighted by atomic mass is 9.97. The monoisotopic (exact) mass is 376 g/mol. The zero-order chi connectivity index (χ0) is 18.8. The number of hydrogen-bond donors (Lipinski definition) is 2. The van der Waals surface area contributed by atoms with Gasteiger partial charge in [0, 0.05) is 35.7 Å². The van der Waals surface area contributed by atoms with Crippen LogP contribution in [0.2, 0.25) is 5.02 Å². The van der Waals surface area contributed by atoms with Crippen LogP contribution in [-0.4, -0.2) is 20.1 Å². The molecule has 0 bridgehead atoms. The van der Waals surface area contributed by atoms with E-state index in [9.17, 15) is 5.11 Å². The molecule has 3 heterocycles. The summed E-state index contributed by atoms with van der Waals surface area (Å²) in [6.07, 6.45) is 6.83. The van der Waals surface area contributed by atoms with Crippen LogP contribution >= 0.6 is 11.6 Å². The second-order valence-electron chi connectivity index (χ2n) is 6.23. The predicted molar refractivity (Wildman–Crippen MR) is 107 cm³/mol. The molecule has 0 saturated heterocycles. The molecule has 0 aliphatic rings. The normalized spacial score (nSPS) is 12.1. The third-order valence-electron chi connectivity index (χ3n) is 4.46. The van der Waals surface area contributed by atoms with Crippen molar-refractivity contribution >= 4 is 28.3 Å². The van der Waals surface area contributed by atoms with Crippen molar-refractivity contribution in [3.05, 3.63) is 89.0 Å². The standard InChI is InChI=1S/C21H17ClN4O/c1-13-5-2-10-25-21(13)26-18(14-6-3-8-23-12-14)16-11-17(22)15-7-4-9-24-19(15)20(16)27/h2-12,18,27H,1H3,(H,25,26). The highest BCUT2D eigenvalue weighted by molar-refractivity contribution is 6.35. The van der Waals surface area contributed by atoms with E-state index < -0.39 is 6.04 Å². The van der Waals surface area contributed by atoms with Crippen LogP contribution in [0.1, 0.15) is 22.7 Å². The number of hydrogen-bond acceptors (Lipinski definition) is 5. The zero-order valence-corrected chi connectivity index (χ0v) is 15.4. The molecule has 4 rings (SSSR count). The molecule has 0 aliphatic heterocycles. The van der Waals surface area contributed by atoms with Gasteiger partial charge < -0.3 is 10.4 Å². The van der Waals surface area contributed by atoms with Crippen molar-refractivity contribution in [3.63, 3.8) is 0 Å². The lowest BCUT2D eigenvalue weighted by molar-refractivity contribution is 0.471. The van der Waals surface area contributed by atoms with Crippen LogP contribution in [0.25, 0.3) is 10.9 Å². The Balaban J connectivity index is 1.90. The minimum Gasteiger partial charge on any atom is -0.505 e. The molecule has 0 fully saturated rings. The van der Waals surface area contributed by atoms with Crippen molar-refractivity contribution < 1.29 is 5.11 Å². The Kier molecular flexibility index (Phi) is 4.60. The van der Waals surface area contributed by atoms with Gasteiger partial charge >= 0.3 is 0 Å². The maximum atomic E-state index is 11.0. The molecule has 6 heteroatoms. The van der Waals surface area contributed by atoms with Gasteiger partial charge in [0.1, 0.15) is 17.1 Å². The van der Waals surface area contributed by atoms with Crippen molar-refractivity contribution in [2.75, 3.05) is 5.32 Å². The van der Waals surface area contributed by atoms with E-state index in [2.05, 4.69) is 20.3 Å². The molecule has 27 heavy (non-hydrogen) atoms. The van der Waals surface area contributed by atoms with Crippen LogP contribution in [0, 0.1) is 6.92 Å². The number of pyridine rings is 3. The zero-order valence-electron chi connectivity index (χ0n) is 14.6. The van der Waals surface area contributed by atoms with Crippen molar-refractivity contribution in [1.82, 2.24) is 15.0 Å². The number of phenolic OH excluding ortho intramolecular Hbond substituents is 1. The number of rotatable bonds is 4. The minimum atomic E-state index is -0.392. The van der Waals surface area contributed by atoms with Gasteiger partial charge in [-0.15, -0.1) is 0 Å². The number of aromatic hydroxyl groups is 1. The summed E-state index contributed by atoms with van der Waals surface area (Å²) in [5.74, 6) is 0.813. The first-order valence-corrected chi connectivity index (χ1v) is 8.87. The summed E-state index contributed by atoms with van der Waals surface area (Å²) >= 11 is 6.49. The largest absolute Gasteiger partial charge is 0.505 e. The van der Waals surface area contributed by atoms with Crippen LogP contribution < -0.4 is 5.32 Å². The molecule has 0 aliphatic carbocycles. The number of aryl methyl sites for hydroxylation is 1. The smallest absolute Gasteiger partial charge is 0.147 e. The van der Waals surface area contributed by atoms with Gasteiger partial charge in [-0.3, -0.25) is 9.97 Å².